The molecule has 0 aliphatic carbocycles. The Bertz CT molecular complexity index is 946. The Hall–Kier alpha value is -2.60. The average molecular weight is 461 g/mol. The van der Waals surface area contributed by atoms with Gasteiger partial charge in [-0.15, -0.1) is 0 Å². The zero-order valence-corrected chi connectivity index (χ0v) is 18.2. The number of hydrogen-bond acceptors (Lipinski definition) is 6. The maximum absolute atomic E-state index is 13.4. The number of halogens is 2. The SMILES string of the molecule is CC(C)NC(=O)NC(=O)C(C)OC(=O)C1CCN(S(=O)(=O)c2ccc(F)c(F)c2)CC1. The Balaban J connectivity index is 1.90. The summed E-state index contributed by atoms with van der Waals surface area (Å²) in [5, 5.41) is 4.53. The molecule has 0 bridgehead atoms. The first-order valence-electron chi connectivity index (χ1n) is 9.69. The Labute approximate surface area is 179 Å². The van der Waals surface area contributed by atoms with Crippen LogP contribution in [0.25, 0.3) is 0 Å². The molecule has 2 N–H and O–H groups in total. The van der Waals surface area contributed by atoms with Gasteiger partial charge in [0, 0.05) is 19.1 Å². The molecule has 0 aromatic heterocycles. The molecule has 0 spiro atoms. The Morgan fingerprint density at radius 3 is 2.26 bits per heavy atom. The average Bonchev–Trinajstić information content (AvgIpc) is 2.69. The summed E-state index contributed by atoms with van der Waals surface area (Å²) in [5.74, 6) is -4.54. The molecule has 1 saturated heterocycles. The highest BCUT2D eigenvalue weighted by atomic mass is 32.2. The number of piperidine rings is 1. The fraction of sp³-hybridized carbons (Fsp3) is 0.526. The number of carbonyl (C=O) groups excluding carboxylic acids is 3. The lowest BCUT2D eigenvalue weighted by molar-refractivity contribution is -0.159. The van der Waals surface area contributed by atoms with Crippen molar-refractivity contribution in [2.45, 2.75) is 50.7 Å². The standard InChI is InChI=1S/C19H25F2N3O6S/c1-11(2)22-19(27)23-17(25)12(3)30-18(26)13-6-8-24(9-7-13)31(28,29)14-4-5-15(20)16(21)10-14/h4-5,10-13H,6-9H2,1-3H3,(H2,22,23,25,27). The lowest BCUT2D eigenvalue weighted by Gasteiger charge is -2.30. The molecule has 1 aliphatic heterocycles. The van der Waals surface area contributed by atoms with Gasteiger partial charge in [-0.25, -0.2) is 22.0 Å². The topological polar surface area (TPSA) is 122 Å². The summed E-state index contributed by atoms with van der Waals surface area (Å²) in [5.41, 5.74) is 0. The number of ether oxygens (including phenoxy) is 1. The lowest BCUT2D eigenvalue weighted by atomic mass is 9.98. The monoisotopic (exact) mass is 461 g/mol. The maximum Gasteiger partial charge on any atom is 0.321 e. The van der Waals surface area contributed by atoms with E-state index in [1.807, 2.05) is 0 Å². The van der Waals surface area contributed by atoms with Crippen LogP contribution in [-0.4, -0.2) is 55.9 Å². The van der Waals surface area contributed by atoms with Crippen molar-refractivity contribution in [1.82, 2.24) is 14.9 Å². The molecule has 1 heterocycles. The van der Waals surface area contributed by atoms with Crippen LogP contribution in [0.2, 0.25) is 0 Å². The first-order chi connectivity index (χ1) is 14.4. The number of imide groups is 1. The van der Waals surface area contributed by atoms with Crippen molar-refractivity contribution in [3.63, 3.8) is 0 Å². The quantitative estimate of drug-likeness (QED) is 0.620. The second-order valence-corrected chi connectivity index (χ2v) is 9.39. The third-order valence-corrected chi connectivity index (χ3v) is 6.53. The number of carbonyl (C=O) groups is 3. The van der Waals surface area contributed by atoms with Crippen LogP contribution in [0.15, 0.2) is 23.1 Å². The van der Waals surface area contributed by atoms with E-state index < -0.39 is 51.6 Å². The van der Waals surface area contributed by atoms with E-state index in [1.54, 1.807) is 13.8 Å². The fourth-order valence-electron chi connectivity index (χ4n) is 2.95. The number of benzene rings is 1. The molecule has 12 heteroatoms. The second kappa shape index (κ2) is 10.1. The van der Waals surface area contributed by atoms with Crippen molar-refractivity contribution >= 4 is 27.9 Å². The molecular weight excluding hydrogens is 436 g/mol. The van der Waals surface area contributed by atoms with Gasteiger partial charge in [-0.05, 0) is 51.8 Å². The van der Waals surface area contributed by atoms with E-state index in [9.17, 15) is 31.6 Å². The Morgan fingerprint density at radius 1 is 1.10 bits per heavy atom. The van der Waals surface area contributed by atoms with Crippen LogP contribution in [0.5, 0.6) is 0 Å². The normalized spacial score (nSPS) is 16.6. The highest BCUT2D eigenvalue weighted by Gasteiger charge is 2.34. The minimum atomic E-state index is -4.04. The summed E-state index contributed by atoms with van der Waals surface area (Å²) in [6.07, 6.45) is -0.956. The summed E-state index contributed by atoms with van der Waals surface area (Å²) in [7, 11) is -4.04. The molecule has 1 aromatic rings. The van der Waals surface area contributed by atoms with Crippen LogP contribution in [0, 0.1) is 17.6 Å². The van der Waals surface area contributed by atoms with Gasteiger partial charge in [0.05, 0.1) is 10.8 Å². The number of nitrogens with zero attached hydrogens (tertiary/aromatic N) is 1. The van der Waals surface area contributed by atoms with Gasteiger partial charge >= 0.3 is 12.0 Å². The number of hydrogen-bond donors (Lipinski definition) is 2. The Morgan fingerprint density at radius 2 is 1.71 bits per heavy atom. The highest BCUT2D eigenvalue weighted by Crippen LogP contribution is 2.25. The number of esters is 1. The molecule has 3 amide bonds. The summed E-state index contributed by atoms with van der Waals surface area (Å²) >= 11 is 0. The van der Waals surface area contributed by atoms with E-state index in [0.717, 1.165) is 16.4 Å². The van der Waals surface area contributed by atoms with Crippen LogP contribution in [-0.2, 0) is 24.3 Å². The van der Waals surface area contributed by atoms with E-state index >= 15 is 0 Å². The summed E-state index contributed by atoms with van der Waals surface area (Å²) in [6, 6.07) is 1.43. The third-order valence-electron chi connectivity index (χ3n) is 4.63. The lowest BCUT2D eigenvalue weighted by Crippen LogP contribution is -2.47. The van der Waals surface area contributed by atoms with Crippen molar-refractivity contribution in [2.75, 3.05) is 13.1 Å². The Kier molecular flexibility index (Phi) is 8.07. The van der Waals surface area contributed by atoms with E-state index in [2.05, 4.69) is 10.6 Å². The molecule has 9 nitrogen and oxygen atoms in total. The summed E-state index contributed by atoms with van der Waals surface area (Å²) in [4.78, 5) is 35.4. The van der Waals surface area contributed by atoms with Crippen LogP contribution < -0.4 is 10.6 Å². The fourth-order valence-corrected chi connectivity index (χ4v) is 4.44. The number of urea groups is 1. The molecule has 1 aliphatic rings. The van der Waals surface area contributed by atoms with Crippen molar-refractivity contribution in [1.29, 1.82) is 0 Å². The predicted octanol–water partition coefficient (Wildman–Crippen LogP) is 1.53. The summed E-state index contributed by atoms with van der Waals surface area (Å²) in [6.45, 7) is 4.69. The van der Waals surface area contributed by atoms with Crippen LogP contribution in [0.1, 0.15) is 33.6 Å². The van der Waals surface area contributed by atoms with Gasteiger partial charge in [-0.1, -0.05) is 0 Å². The third kappa shape index (κ3) is 6.44. The number of sulfonamides is 1. The van der Waals surface area contributed by atoms with Crippen molar-refractivity contribution in [3.8, 4) is 0 Å². The van der Waals surface area contributed by atoms with Crippen molar-refractivity contribution in [3.05, 3.63) is 29.8 Å². The largest absolute Gasteiger partial charge is 0.452 e. The van der Waals surface area contributed by atoms with E-state index in [4.69, 9.17) is 4.74 Å². The van der Waals surface area contributed by atoms with Gasteiger partial charge in [0.25, 0.3) is 5.91 Å². The van der Waals surface area contributed by atoms with Gasteiger partial charge in [-0.3, -0.25) is 14.9 Å². The molecule has 1 atom stereocenters. The molecule has 172 valence electrons. The first kappa shape index (κ1) is 24.7. The zero-order valence-electron chi connectivity index (χ0n) is 17.4. The molecule has 2 rings (SSSR count). The van der Waals surface area contributed by atoms with Crippen molar-refractivity contribution in [2.24, 2.45) is 5.92 Å². The zero-order chi connectivity index (χ0) is 23.3. The minimum Gasteiger partial charge on any atom is -0.452 e. The van der Waals surface area contributed by atoms with E-state index in [0.29, 0.717) is 6.07 Å². The summed E-state index contributed by atoms with van der Waals surface area (Å²) < 4.78 is 57.9. The van der Waals surface area contributed by atoms with Gasteiger partial charge in [-0.2, -0.15) is 4.31 Å². The maximum atomic E-state index is 13.4. The van der Waals surface area contributed by atoms with Crippen LogP contribution in [0.4, 0.5) is 13.6 Å². The number of nitrogens with one attached hydrogen (secondary N) is 2. The predicted molar refractivity (Wildman–Crippen MR) is 105 cm³/mol. The van der Waals surface area contributed by atoms with E-state index in [-0.39, 0.29) is 36.9 Å². The molecule has 1 unspecified atom stereocenters. The van der Waals surface area contributed by atoms with Crippen LogP contribution in [0.3, 0.4) is 0 Å². The van der Waals surface area contributed by atoms with Gasteiger partial charge in [0.15, 0.2) is 17.7 Å². The molecule has 1 aromatic carbocycles. The molecule has 0 saturated carbocycles. The van der Waals surface area contributed by atoms with Gasteiger partial charge < -0.3 is 10.1 Å². The number of rotatable bonds is 6. The first-order valence-corrected chi connectivity index (χ1v) is 11.1. The minimum absolute atomic E-state index is 0.0293. The molecule has 0 radical (unpaired) electrons. The van der Waals surface area contributed by atoms with E-state index in [1.165, 1.54) is 6.92 Å². The molecule has 1 fully saturated rings. The number of amides is 3. The van der Waals surface area contributed by atoms with Gasteiger partial charge in [0.1, 0.15) is 0 Å². The highest BCUT2D eigenvalue weighted by molar-refractivity contribution is 7.89. The van der Waals surface area contributed by atoms with Crippen LogP contribution >= 0.6 is 0 Å². The smallest absolute Gasteiger partial charge is 0.321 e. The second-order valence-electron chi connectivity index (χ2n) is 7.45. The van der Waals surface area contributed by atoms with Crippen molar-refractivity contribution < 1.29 is 36.3 Å². The van der Waals surface area contributed by atoms with Gasteiger partial charge in [0.2, 0.25) is 10.0 Å². The molecular formula is C19H25F2N3O6S. The molecule has 31 heavy (non-hydrogen) atoms.